The second kappa shape index (κ2) is 5.64. The van der Waals surface area contributed by atoms with Gasteiger partial charge in [0, 0.05) is 31.4 Å². The molecule has 1 aromatic heterocycles. The number of nitrogens with zero attached hydrogens (tertiary/aromatic N) is 4. The minimum absolute atomic E-state index is 0.00815. The Balaban J connectivity index is 2.14. The van der Waals surface area contributed by atoms with E-state index in [9.17, 15) is 9.59 Å². The van der Waals surface area contributed by atoms with Gasteiger partial charge in [0.1, 0.15) is 6.04 Å². The number of hydrogen-bond acceptors (Lipinski definition) is 3. The first kappa shape index (κ1) is 14.6. The van der Waals surface area contributed by atoms with Crippen LogP contribution in [-0.4, -0.2) is 50.5 Å². The zero-order chi connectivity index (χ0) is 14.9. The molecule has 0 aromatic carbocycles. The van der Waals surface area contributed by atoms with Crippen molar-refractivity contribution in [1.82, 2.24) is 19.6 Å². The van der Waals surface area contributed by atoms with Crippen LogP contribution in [0.2, 0.25) is 0 Å². The maximum atomic E-state index is 12.3. The van der Waals surface area contributed by atoms with Gasteiger partial charge in [0.05, 0.1) is 12.7 Å². The first-order chi connectivity index (χ1) is 9.45. The van der Waals surface area contributed by atoms with E-state index < -0.39 is 6.04 Å². The minimum atomic E-state index is -0.401. The third-order valence-electron chi connectivity index (χ3n) is 3.95. The largest absolute Gasteiger partial charge is 0.332 e. The third-order valence-corrected chi connectivity index (χ3v) is 3.95. The van der Waals surface area contributed by atoms with E-state index >= 15 is 0 Å². The van der Waals surface area contributed by atoms with Crippen LogP contribution in [0.3, 0.4) is 0 Å². The smallest absolute Gasteiger partial charge is 0.245 e. The number of carbonyl (C=O) groups is 2. The van der Waals surface area contributed by atoms with Crippen LogP contribution >= 0.6 is 0 Å². The lowest BCUT2D eigenvalue weighted by molar-refractivity contribution is -0.155. The van der Waals surface area contributed by atoms with Gasteiger partial charge in [-0.25, -0.2) is 0 Å². The molecule has 110 valence electrons. The highest BCUT2D eigenvalue weighted by molar-refractivity contribution is 5.94. The molecule has 0 unspecified atom stereocenters. The van der Waals surface area contributed by atoms with Gasteiger partial charge in [-0.05, 0) is 20.3 Å². The zero-order valence-electron chi connectivity index (χ0n) is 12.6. The van der Waals surface area contributed by atoms with Gasteiger partial charge < -0.3 is 9.80 Å². The third kappa shape index (κ3) is 2.55. The highest BCUT2D eigenvalue weighted by atomic mass is 16.2. The predicted molar refractivity (Wildman–Crippen MR) is 74.8 cm³/mol. The summed E-state index contributed by atoms with van der Waals surface area (Å²) in [5.41, 5.74) is 2.01. The topological polar surface area (TPSA) is 58.4 Å². The molecule has 0 spiro atoms. The van der Waals surface area contributed by atoms with E-state index in [0.29, 0.717) is 13.1 Å². The van der Waals surface area contributed by atoms with E-state index in [1.807, 2.05) is 20.9 Å². The summed E-state index contributed by atoms with van der Waals surface area (Å²) in [4.78, 5) is 27.8. The standard InChI is InChI=1S/C14H22N4O2/c1-5-6-17-9-13(19)18(11(3)14(17)20)8-12-7-15-16(4)10(12)2/h7,11H,5-6,8-9H2,1-4H3/t11-/m1/s1. The van der Waals surface area contributed by atoms with E-state index in [1.54, 1.807) is 27.6 Å². The molecule has 20 heavy (non-hydrogen) atoms. The van der Waals surface area contributed by atoms with Gasteiger partial charge in [0.2, 0.25) is 11.8 Å². The first-order valence-electron chi connectivity index (χ1n) is 7.01. The summed E-state index contributed by atoms with van der Waals surface area (Å²) in [5.74, 6) is 0.0433. The number of aryl methyl sites for hydroxylation is 1. The Kier molecular flexibility index (Phi) is 4.11. The number of aromatic nitrogens is 2. The summed E-state index contributed by atoms with van der Waals surface area (Å²) < 4.78 is 1.78. The van der Waals surface area contributed by atoms with Gasteiger partial charge in [0.25, 0.3) is 0 Å². The van der Waals surface area contributed by atoms with Crippen LogP contribution in [-0.2, 0) is 23.2 Å². The van der Waals surface area contributed by atoms with Crippen LogP contribution in [0, 0.1) is 6.92 Å². The summed E-state index contributed by atoms with van der Waals surface area (Å²) in [7, 11) is 1.87. The Morgan fingerprint density at radius 3 is 2.65 bits per heavy atom. The van der Waals surface area contributed by atoms with Gasteiger partial charge >= 0.3 is 0 Å². The normalized spacial score (nSPS) is 19.9. The molecule has 1 fully saturated rings. The van der Waals surface area contributed by atoms with Crippen molar-refractivity contribution in [3.8, 4) is 0 Å². The molecule has 0 saturated carbocycles. The lowest BCUT2D eigenvalue weighted by atomic mass is 10.1. The molecule has 0 aliphatic carbocycles. The number of amides is 2. The van der Waals surface area contributed by atoms with Gasteiger partial charge in [-0.2, -0.15) is 5.10 Å². The molecule has 1 aromatic rings. The maximum Gasteiger partial charge on any atom is 0.245 e. The van der Waals surface area contributed by atoms with E-state index in [1.165, 1.54) is 0 Å². The van der Waals surface area contributed by atoms with Crippen LogP contribution in [0.4, 0.5) is 0 Å². The highest BCUT2D eigenvalue weighted by Crippen LogP contribution is 2.18. The Morgan fingerprint density at radius 1 is 1.40 bits per heavy atom. The highest BCUT2D eigenvalue weighted by Gasteiger charge is 2.36. The fourth-order valence-corrected chi connectivity index (χ4v) is 2.51. The molecular formula is C14H22N4O2. The van der Waals surface area contributed by atoms with Crippen LogP contribution in [0.5, 0.6) is 0 Å². The Labute approximate surface area is 119 Å². The van der Waals surface area contributed by atoms with Gasteiger partial charge in [-0.1, -0.05) is 6.92 Å². The molecule has 1 aliphatic heterocycles. The molecule has 1 saturated heterocycles. The van der Waals surface area contributed by atoms with Crippen molar-refractivity contribution in [1.29, 1.82) is 0 Å². The van der Waals surface area contributed by atoms with Crippen molar-refractivity contribution in [2.75, 3.05) is 13.1 Å². The zero-order valence-corrected chi connectivity index (χ0v) is 12.6. The van der Waals surface area contributed by atoms with Crippen molar-refractivity contribution < 1.29 is 9.59 Å². The Bertz CT molecular complexity index is 523. The second-order valence-corrected chi connectivity index (χ2v) is 5.34. The molecular weight excluding hydrogens is 256 g/mol. The van der Waals surface area contributed by atoms with E-state index in [-0.39, 0.29) is 18.4 Å². The Morgan fingerprint density at radius 2 is 2.10 bits per heavy atom. The number of piperazine rings is 1. The van der Waals surface area contributed by atoms with Gasteiger partial charge in [-0.15, -0.1) is 0 Å². The first-order valence-corrected chi connectivity index (χ1v) is 7.01. The average molecular weight is 278 g/mol. The number of rotatable bonds is 4. The second-order valence-electron chi connectivity index (χ2n) is 5.34. The van der Waals surface area contributed by atoms with Crippen LogP contribution in [0.15, 0.2) is 6.20 Å². The molecule has 2 rings (SSSR count). The molecule has 0 bridgehead atoms. The molecule has 0 N–H and O–H groups in total. The Hall–Kier alpha value is -1.85. The molecule has 0 radical (unpaired) electrons. The molecule has 1 aliphatic rings. The molecule has 2 heterocycles. The van der Waals surface area contributed by atoms with Crippen molar-refractivity contribution >= 4 is 11.8 Å². The van der Waals surface area contributed by atoms with E-state index in [2.05, 4.69) is 5.10 Å². The monoisotopic (exact) mass is 278 g/mol. The van der Waals surface area contributed by atoms with E-state index in [4.69, 9.17) is 0 Å². The summed E-state index contributed by atoms with van der Waals surface area (Å²) in [6.07, 6.45) is 2.63. The van der Waals surface area contributed by atoms with E-state index in [0.717, 1.165) is 17.7 Å². The number of hydrogen-bond donors (Lipinski definition) is 0. The summed E-state index contributed by atoms with van der Waals surface area (Å²) in [6, 6.07) is -0.401. The van der Waals surface area contributed by atoms with Gasteiger partial charge in [-0.3, -0.25) is 14.3 Å². The van der Waals surface area contributed by atoms with Crippen LogP contribution < -0.4 is 0 Å². The maximum absolute atomic E-state index is 12.3. The van der Waals surface area contributed by atoms with Crippen molar-refractivity contribution in [3.05, 3.63) is 17.5 Å². The molecule has 1 atom stereocenters. The summed E-state index contributed by atoms with van der Waals surface area (Å²) in [5, 5.41) is 4.18. The number of carbonyl (C=O) groups excluding carboxylic acids is 2. The van der Waals surface area contributed by atoms with Crippen molar-refractivity contribution in [2.24, 2.45) is 7.05 Å². The molecule has 2 amide bonds. The SMILES string of the molecule is CCCN1CC(=O)N(Cc2cnn(C)c2C)[C@H](C)C1=O. The lowest BCUT2D eigenvalue weighted by Crippen LogP contribution is -2.58. The van der Waals surface area contributed by atoms with Crippen LogP contribution in [0.1, 0.15) is 31.5 Å². The summed E-state index contributed by atoms with van der Waals surface area (Å²) >= 11 is 0. The summed E-state index contributed by atoms with van der Waals surface area (Å²) in [6.45, 7) is 7.06. The van der Waals surface area contributed by atoms with Crippen LogP contribution in [0.25, 0.3) is 0 Å². The molecule has 6 nitrogen and oxygen atoms in total. The van der Waals surface area contributed by atoms with Gasteiger partial charge in [0.15, 0.2) is 0 Å². The lowest BCUT2D eigenvalue weighted by Gasteiger charge is -2.38. The van der Waals surface area contributed by atoms with Crippen molar-refractivity contribution in [3.63, 3.8) is 0 Å². The quantitative estimate of drug-likeness (QED) is 0.814. The minimum Gasteiger partial charge on any atom is -0.332 e. The van der Waals surface area contributed by atoms with Crippen molar-refractivity contribution in [2.45, 2.75) is 39.8 Å². The fourth-order valence-electron chi connectivity index (χ4n) is 2.51. The average Bonchev–Trinajstić information content (AvgIpc) is 2.72. The predicted octanol–water partition coefficient (Wildman–Crippen LogP) is 0.698. The fraction of sp³-hybridized carbons (Fsp3) is 0.643. The molecule has 6 heteroatoms.